The molecule has 0 saturated carbocycles. The van der Waals surface area contributed by atoms with Crippen molar-refractivity contribution in [1.29, 1.82) is 0 Å². The molecular formula is C8H10ClN3. The first-order valence-electron chi connectivity index (χ1n) is 3.91. The van der Waals surface area contributed by atoms with Crippen LogP contribution in [0, 0.1) is 0 Å². The first kappa shape index (κ1) is 7.83. The molecule has 1 aliphatic heterocycles. The maximum atomic E-state index is 5.69. The molecule has 0 spiro atoms. The van der Waals surface area contributed by atoms with Crippen molar-refractivity contribution in [1.82, 2.24) is 10.3 Å². The molecule has 64 valence electrons. The zero-order valence-corrected chi connectivity index (χ0v) is 7.30. The molecule has 3 nitrogen and oxygen atoms in total. The van der Waals surface area contributed by atoms with Gasteiger partial charge >= 0.3 is 0 Å². The molecule has 0 amide bonds. The van der Waals surface area contributed by atoms with Crippen molar-refractivity contribution < 1.29 is 0 Å². The van der Waals surface area contributed by atoms with Gasteiger partial charge in [-0.3, -0.25) is 0 Å². The van der Waals surface area contributed by atoms with Gasteiger partial charge in [-0.1, -0.05) is 11.6 Å². The summed E-state index contributed by atoms with van der Waals surface area (Å²) in [4.78, 5) is 3.98. The third-order valence-corrected chi connectivity index (χ3v) is 2.43. The van der Waals surface area contributed by atoms with E-state index in [4.69, 9.17) is 17.3 Å². The molecule has 0 aliphatic carbocycles. The van der Waals surface area contributed by atoms with E-state index in [1.807, 2.05) is 6.07 Å². The van der Waals surface area contributed by atoms with E-state index in [9.17, 15) is 0 Å². The maximum absolute atomic E-state index is 5.69. The van der Waals surface area contributed by atoms with Crippen molar-refractivity contribution in [3.8, 4) is 0 Å². The molecule has 1 aliphatic rings. The van der Waals surface area contributed by atoms with Crippen LogP contribution in [0.4, 0.5) is 5.69 Å². The fourth-order valence-corrected chi connectivity index (χ4v) is 1.35. The second-order valence-corrected chi connectivity index (χ2v) is 3.30. The van der Waals surface area contributed by atoms with Gasteiger partial charge in [0.25, 0.3) is 0 Å². The highest BCUT2D eigenvalue weighted by Crippen LogP contribution is 2.25. The predicted molar refractivity (Wildman–Crippen MR) is 49.0 cm³/mol. The van der Waals surface area contributed by atoms with Gasteiger partial charge in [0, 0.05) is 12.2 Å². The monoisotopic (exact) mass is 183 g/mol. The fraction of sp³-hybridized carbons (Fsp3) is 0.375. The van der Waals surface area contributed by atoms with E-state index in [0.29, 0.717) is 16.9 Å². The number of nitrogens with one attached hydrogen (secondary N) is 1. The molecule has 2 rings (SSSR count). The normalized spacial score (nSPS) is 21.9. The van der Waals surface area contributed by atoms with Crippen LogP contribution in [0.1, 0.15) is 18.0 Å². The van der Waals surface area contributed by atoms with Gasteiger partial charge in [0.1, 0.15) is 0 Å². The highest BCUT2D eigenvalue weighted by Gasteiger charge is 2.19. The van der Waals surface area contributed by atoms with E-state index in [-0.39, 0.29) is 0 Å². The van der Waals surface area contributed by atoms with Crippen molar-refractivity contribution in [2.45, 2.75) is 12.5 Å². The van der Waals surface area contributed by atoms with Crippen LogP contribution < -0.4 is 11.1 Å². The number of halogens is 1. The lowest BCUT2D eigenvalue weighted by molar-refractivity contribution is 0.382. The Bertz CT molecular complexity index is 296. The molecule has 4 heteroatoms. The minimum Gasteiger partial charge on any atom is -0.396 e. The van der Waals surface area contributed by atoms with Gasteiger partial charge in [-0.2, -0.15) is 0 Å². The van der Waals surface area contributed by atoms with Crippen LogP contribution in [0.2, 0.25) is 5.15 Å². The van der Waals surface area contributed by atoms with Crippen LogP contribution in [-0.2, 0) is 0 Å². The molecule has 1 aromatic heterocycles. The summed E-state index contributed by atoms with van der Waals surface area (Å²) in [6, 6.07) is 2.31. The molecule has 0 bridgehead atoms. The van der Waals surface area contributed by atoms with Crippen molar-refractivity contribution in [2.75, 3.05) is 12.3 Å². The lowest BCUT2D eigenvalue weighted by atomic mass is 10.00. The minimum atomic E-state index is 0.387. The number of nitrogen functional groups attached to an aromatic ring is 1. The van der Waals surface area contributed by atoms with Crippen molar-refractivity contribution in [2.24, 2.45) is 0 Å². The standard InChI is InChI=1S/C8H10ClN3/c9-8-6(10)3-5(4-12-8)7-1-2-11-7/h3-4,7,11H,1-2,10H2. The fourth-order valence-electron chi connectivity index (χ4n) is 1.25. The third kappa shape index (κ3) is 1.26. The molecule has 0 aromatic carbocycles. The number of nitrogens with two attached hydrogens (primary N) is 1. The predicted octanol–water partition coefficient (Wildman–Crippen LogP) is 1.35. The lowest BCUT2D eigenvalue weighted by Crippen LogP contribution is -2.35. The Labute approximate surface area is 75.9 Å². The number of rotatable bonds is 1. The SMILES string of the molecule is Nc1cc(C2CCN2)cnc1Cl. The largest absolute Gasteiger partial charge is 0.396 e. The highest BCUT2D eigenvalue weighted by atomic mass is 35.5. The molecule has 2 heterocycles. The van der Waals surface area contributed by atoms with Crippen LogP contribution >= 0.6 is 11.6 Å². The Morgan fingerprint density at radius 2 is 2.42 bits per heavy atom. The molecule has 1 unspecified atom stereocenters. The van der Waals surface area contributed by atoms with Gasteiger partial charge < -0.3 is 11.1 Å². The second-order valence-electron chi connectivity index (χ2n) is 2.94. The summed E-state index contributed by atoms with van der Waals surface area (Å²) in [5.74, 6) is 0. The van der Waals surface area contributed by atoms with Crippen LogP contribution in [0.15, 0.2) is 12.3 Å². The van der Waals surface area contributed by atoms with E-state index < -0.39 is 0 Å². The van der Waals surface area contributed by atoms with Crippen molar-refractivity contribution >= 4 is 17.3 Å². The lowest BCUT2D eigenvalue weighted by Gasteiger charge is -2.27. The summed E-state index contributed by atoms with van der Waals surface area (Å²) < 4.78 is 0. The van der Waals surface area contributed by atoms with E-state index in [2.05, 4.69) is 10.3 Å². The average Bonchev–Trinajstić information content (AvgIpc) is 1.93. The Morgan fingerprint density at radius 1 is 1.67 bits per heavy atom. The zero-order chi connectivity index (χ0) is 8.55. The summed E-state index contributed by atoms with van der Waals surface area (Å²) >= 11 is 5.69. The number of hydrogen-bond donors (Lipinski definition) is 2. The number of hydrogen-bond acceptors (Lipinski definition) is 3. The second kappa shape index (κ2) is 2.92. The first-order valence-corrected chi connectivity index (χ1v) is 4.29. The number of aromatic nitrogens is 1. The summed E-state index contributed by atoms with van der Waals surface area (Å²) in [5.41, 5.74) is 7.30. The molecule has 1 atom stereocenters. The zero-order valence-electron chi connectivity index (χ0n) is 6.55. The van der Waals surface area contributed by atoms with Gasteiger partial charge in [0.15, 0.2) is 5.15 Å². The summed E-state index contributed by atoms with van der Waals surface area (Å²) in [6.45, 7) is 1.08. The Balaban J connectivity index is 2.27. The number of pyridine rings is 1. The highest BCUT2D eigenvalue weighted by molar-refractivity contribution is 6.31. The Morgan fingerprint density at radius 3 is 2.92 bits per heavy atom. The number of nitrogens with zero attached hydrogens (tertiary/aromatic N) is 1. The van der Waals surface area contributed by atoms with Gasteiger partial charge in [0.05, 0.1) is 5.69 Å². The number of anilines is 1. The van der Waals surface area contributed by atoms with E-state index in [0.717, 1.165) is 18.5 Å². The van der Waals surface area contributed by atoms with Gasteiger partial charge in [-0.15, -0.1) is 0 Å². The van der Waals surface area contributed by atoms with Crippen molar-refractivity contribution in [3.63, 3.8) is 0 Å². The van der Waals surface area contributed by atoms with Crippen LogP contribution in [0.3, 0.4) is 0 Å². The van der Waals surface area contributed by atoms with Gasteiger partial charge in [-0.05, 0) is 24.6 Å². The summed E-state index contributed by atoms with van der Waals surface area (Å²) in [6.07, 6.45) is 2.93. The topological polar surface area (TPSA) is 50.9 Å². The third-order valence-electron chi connectivity index (χ3n) is 2.11. The molecule has 3 N–H and O–H groups in total. The molecule has 1 saturated heterocycles. The summed E-state index contributed by atoms with van der Waals surface area (Å²) in [5, 5.41) is 3.66. The van der Waals surface area contributed by atoms with Gasteiger partial charge in [-0.25, -0.2) is 4.98 Å². The molecule has 12 heavy (non-hydrogen) atoms. The Kier molecular flexibility index (Phi) is 1.90. The van der Waals surface area contributed by atoms with Crippen LogP contribution in [0.25, 0.3) is 0 Å². The molecule has 0 radical (unpaired) electrons. The minimum absolute atomic E-state index is 0.387. The molecule has 1 aromatic rings. The first-order chi connectivity index (χ1) is 5.77. The van der Waals surface area contributed by atoms with E-state index in [1.165, 1.54) is 0 Å². The Hall–Kier alpha value is -0.800. The van der Waals surface area contributed by atoms with Crippen LogP contribution in [-0.4, -0.2) is 11.5 Å². The van der Waals surface area contributed by atoms with E-state index >= 15 is 0 Å². The summed E-state index contributed by atoms with van der Waals surface area (Å²) in [7, 11) is 0. The van der Waals surface area contributed by atoms with E-state index in [1.54, 1.807) is 6.20 Å². The quantitative estimate of drug-likeness (QED) is 0.647. The molecular weight excluding hydrogens is 174 g/mol. The smallest absolute Gasteiger partial charge is 0.151 e. The maximum Gasteiger partial charge on any atom is 0.151 e. The average molecular weight is 184 g/mol. The van der Waals surface area contributed by atoms with Gasteiger partial charge in [0.2, 0.25) is 0 Å². The van der Waals surface area contributed by atoms with Crippen LogP contribution in [0.5, 0.6) is 0 Å². The van der Waals surface area contributed by atoms with Crippen molar-refractivity contribution in [3.05, 3.63) is 23.0 Å². The molecule has 1 fully saturated rings.